The molecule has 1 aliphatic carbocycles. The second-order valence-corrected chi connectivity index (χ2v) is 6.57. The molecule has 4 heteroatoms. The Morgan fingerprint density at radius 3 is 2.68 bits per heavy atom. The summed E-state index contributed by atoms with van der Waals surface area (Å²) in [5.41, 5.74) is 0.784. The molecule has 4 rings (SSSR count). The van der Waals surface area contributed by atoms with Crippen LogP contribution in [0.25, 0.3) is 11.0 Å². The van der Waals surface area contributed by atoms with Crippen LogP contribution in [0.3, 0.4) is 0 Å². The Kier molecular flexibility index (Phi) is 3.62. The first-order valence-electron chi connectivity index (χ1n) is 8.31. The fraction of sp³-hybridized carbons (Fsp3) is 0.500. The number of nitrogens with one attached hydrogen (secondary N) is 1. The van der Waals surface area contributed by atoms with Crippen LogP contribution in [0.4, 0.5) is 0 Å². The van der Waals surface area contributed by atoms with Crippen LogP contribution in [0.1, 0.15) is 36.2 Å². The van der Waals surface area contributed by atoms with Crippen molar-refractivity contribution in [2.24, 2.45) is 5.92 Å². The largest absolute Gasteiger partial charge is 0.451 e. The molecule has 1 aliphatic heterocycles. The summed E-state index contributed by atoms with van der Waals surface area (Å²) in [6.07, 6.45) is 4.85. The van der Waals surface area contributed by atoms with Gasteiger partial charge in [0, 0.05) is 24.5 Å². The van der Waals surface area contributed by atoms with E-state index in [1.165, 1.54) is 12.8 Å². The average Bonchev–Trinajstić information content (AvgIpc) is 3.29. The first-order valence-corrected chi connectivity index (χ1v) is 8.31. The molecule has 1 amide bonds. The molecule has 0 radical (unpaired) electrons. The van der Waals surface area contributed by atoms with E-state index >= 15 is 0 Å². The van der Waals surface area contributed by atoms with Gasteiger partial charge < -0.3 is 14.6 Å². The second-order valence-electron chi connectivity index (χ2n) is 6.57. The van der Waals surface area contributed by atoms with Gasteiger partial charge in [-0.2, -0.15) is 0 Å². The molecule has 1 aromatic carbocycles. The van der Waals surface area contributed by atoms with E-state index in [1.54, 1.807) is 0 Å². The number of piperidine rings is 1. The zero-order valence-corrected chi connectivity index (χ0v) is 12.8. The first kappa shape index (κ1) is 13.8. The highest BCUT2D eigenvalue weighted by molar-refractivity contribution is 5.96. The number of rotatable bonds is 4. The number of benzene rings is 1. The monoisotopic (exact) mass is 298 g/mol. The van der Waals surface area contributed by atoms with Crippen molar-refractivity contribution in [3.63, 3.8) is 0 Å². The summed E-state index contributed by atoms with van der Waals surface area (Å²) in [6, 6.07) is 10.2. The maximum Gasteiger partial charge on any atom is 0.289 e. The minimum atomic E-state index is 0.0249. The summed E-state index contributed by atoms with van der Waals surface area (Å²) in [5.74, 6) is 1.40. The highest BCUT2D eigenvalue weighted by Gasteiger charge is 2.27. The van der Waals surface area contributed by atoms with Crippen molar-refractivity contribution in [1.29, 1.82) is 0 Å². The lowest BCUT2D eigenvalue weighted by atomic mass is 10.0. The van der Waals surface area contributed by atoms with Crippen LogP contribution < -0.4 is 5.32 Å². The zero-order valence-electron chi connectivity index (χ0n) is 12.8. The minimum absolute atomic E-state index is 0.0249. The minimum Gasteiger partial charge on any atom is -0.451 e. The van der Waals surface area contributed by atoms with Gasteiger partial charge in [-0.15, -0.1) is 0 Å². The number of likely N-dealkylation sites (tertiary alicyclic amines) is 1. The van der Waals surface area contributed by atoms with Crippen molar-refractivity contribution < 1.29 is 9.21 Å². The molecular weight excluding hydrogens is 276 g/mol. The standard InChI is InChI=1S/C18H22N2O2/c21-18(17-11-14-3-1-2-4-16(14)22-17)20-9-7-15(8-10-20)19-12-13-5-6-13/h1-4,11,13,15,19H,5-10,12H2. The van der Waals surface area contributed by atoms with Crippen LogP contribution in [0.2, 0.25) is 0 Å². The Morgan fingerprint density at radius 1 is 1.18 bits per heavy atom. The summed E-state index contributed by atoms with van der Waals surface area (Å²) in [4.78, 5) is 14.5. The summed E-state index contributed by atoms with van der Waals surface area (Å²) in [5, 5.41) is 4.64. The van der Waals surface area contributed by atoms with Crippen LogP contribution >= 0.6 is 0 Å². The van der Waals surface area contributed by atoms with E-state index < -0.39 is 0 Å². The van der Waals surface area contributed by atoms with E-state index in [0.29, 0.717) is 11.8 Å². The van der Waals surface area contributed by atoms with Gasteiger partial charge in [0.15, 0.2) is 5.76 Å². The van der Waals surface area contributed by atoms with Crippen LogP contribution in [-0.2, 0) is 0 Å². The summed E-state index contributed by atoms with van der Waals surface area (Å²) < 4.78 is 5.69. The van der Waals surface area contributed by atoms with Gasteiger partial charge in [-0.3, -0.25) is 4.79 Å². The Labute approximate surface area is 130 Å². The highest BCUT2D eigenvalue weighted by atomic mass is 16.3. The van der Waals surface area contributed by atoms with Crippen LogP contribution in [0, 0.1) is 5.92 Å². The molecule has 1 saturated carbocycles. The molecule has 1 saturated heterocycles. The number of carbonyl (C=O) groups is 1. The maximum absolute atomic E-state index is 12.6. The van der Waals surface area contributed by atoms with Crippen molar-refractivity contribution >= 4 is 16.9 Å². The Morgan fingerprint density at radius 2 is 1.95 bits per heavy atom. The van der Waals surface area contributed by atoms with Crippen molar-refractivity contribution in [3.8, 4) is 0 Å². The number of carbonyl (C=O) groups excluding carboxylic acids is 1. The lowest BCUT2D eigenvalue weighted by molar-refractivity contribution is 0.0675. The van der Waals surface area contributed by atoms with Crippen molar-refractivity contribution in [3.05, 3.63) is 36.1 Å². The van der Waals surface area contributed by atoms with E-state index in [4.69, 9.17) is 4.42 Å². The van der Waals surface area contributed by atoms with Crippen molar-refractivity contribution in [2.75, 3.05) is 19.6 Å². The van der Waals surface area contributed by atoms with Gasteiger partial charge >= 0.3 is 0 Å². The fourth-order valence-corrected chi connectivity index (χ4v) is 3.19. The molecule has 2 aromatic rings. The molecule has 22 heavy (non-hydrogen) atoms. The molecule has 2 aliphatic rings. The van der Waals surface area contributed by atoms with Gasteiger partial charge in [0.1, 0.15) is 5.58 Å². The molecule has 4 nitrogen and oxygen atoms in total. The molecule has 0 unspecified atom stereocenters. The van der Waals surface area contributed by atoms with Gasteiger partial charge in [-0.1, -0.05) is 18.2 Å². The van der Waals surface area contributed by atoms with E-state index in [-0.39, 0.29) is 5.91 Å². The highest BCUT2D eigenvalue weighted by Crippen LogP contribution is 2.28. The lowest BCUT2D eigenvalue weighted by Gasteiger charge is -2.32. The van der Waals surface area contributed by atoms with E-state index in [9.17, 15) is 4.79 Å². The van der Waals surface area contributed by atoms with Crippen LogP contribution in [-0.4, -0.2) is 36.5 Å². The Balaban J connectivity index is 1.36. The quantitative estimate of drug-likeness (QED) is 0.943. The van der Waals surface area contributed by atoms with Gasteiger partial charge in [0.2, 0.25) is 0 Å². The predicted octanol–water partition coefficient (Wildman–Crippen LogP) is 3.04. The summed E-state index contributed by atoms with van der Waals surface area (Å²) >= 11 is 0. The summed E-state index contributed by atoms with van der Waals surface area (Å²) in [7, 11) is 0. The first-order chi connectivity index (χ1) is 10.8. The summed E-state index contributed by atoms with van der Waals surface area (Å²) in [6.45, 7) is 2.79. The predicted molar refractivity (Wildman–Crippen MR) is 85.9 cm³/mol. The third-order valence-corrected chi connectivity index (χ3v) is 4.81. The number of hydrogen-bond acceptors (Lipinski definition) is 3. The lowest BCUT2D eigenvalue weighted by Crippen LogP contribution is -2.45. The zero-order chi connectivity index (χ0) is 14.9. The van der Waals surface area contributed by atoms with E-state index in [2.05, 4.69) is 5.32 Å². The van der Waals surface area contributed by atoms with Gasteiger partial charge in [-0.05, 0) is 50.3 Å². The molecule has 2 heterocycles. The molecule has 116 valence electrons. The number of fused-ring (bicyclic) bond motifs is 1. The smallest absolute Gasteiger partial charge is 0.289 e. The molecule has 0 atom stereocenters. The fourth-order valence-electron chi connectivity index (χ4n) is 3.19. The molecule has 1 aromatic heterocycles. The normalized spacial score (nSPS) is 19.7. The van der Waals surface area contributed by atoms with E-state index in [1.807, 2.05) is 35.2 Å². The van der Waals surface area contributed by atoms with Gasteiger partial charge in [0.25, 0.3) is 5.91 Å². The van der Waals surface area contributed by atoms with Crippen molar-refractivity contribution in [2.45, 2.75) is 31.7 Å². The number of nitrogens with zero attached hydrogens (tertiary/aromatic N) is 1. The number of hydrogen-bond donors (Lipinski definition) is 1. The van der Waals surface area contributed by atoms with Gasteiger partial charge in [-0.25, -0.2) is 0 Å². The molecule has 0 spiro atoms. The van der Waals surface area contributed by atoms with Crippen molar-refractivity contribution in [1.82, 2.24) is 10.2 Å². The average molecular weight is 298 g/mol. The Hall–Kier alpha value is -1.81. The topological polar surface area (TPSA) is 45.5 Å². The van der Waals surface area contributed by atoms with Gasteiger partial charge in [0.05, 0.1) is 0 Å². The number of furan rings is 1. The van der Waals surface area contributed by atoms with Crippen LogP contribution in [0.5, 0.6) is 0 Å². The number of para-hydroxylation sites is 1. The SMILES string of the molecule is O=C(c1cc2ccccc2o1)N1CCC(NCC2CC2)CC1. The molecule has 0 bridgehead atoms. The second kappa shape index (κ2) is 5.76. The third-order valence-electron chi connectivity index (χ3n) is 4.81. The Bertz CT molecular complexity index is 634. The van der Waals surface area contributed by atoms with E-state index in [0.717, 1.165) is 49.4 Å². The molecule has 1 N–H and O–H groups in total. The molecular formula is C18H22N2O2. The molecule has 2 fully saturated rings. The number of amides is 1. The van der Waals surface area contributed by atoms with Crippen LogP contribution in [0.15, 0.2) is 34.7 Å². The maximum atomic E-state index is 12.6. The third kappa shape index (κ3) is 2.88.